The van der Waals surface area contributed by atoms with Crippen LogP contribution >= 0.6 is 12.2 Å². The van der Waals surface area contributed by atoms with Crippen molar-refractivity contribution in [1.82, 2.24) is 10.3 Å². The number of anilines is 2. The number of nitrogens with zero attached hydrogens (tertiary/aromatic N) is 3. The maximum atomic E-state index is 12.0. The predicted octanol–water partition coefficient (Wildman–Crippen LogP) is 5.78. The standard InChI is InChI=1S/C28H25N5O5S/c1-3-25(34)30-20-12-11-19(16-24(20)37-2)32-27(26(31-28(32)39)21-6-4-5-15-29-21)23-14-13-22(38-23)17-7-9-18(10-8-17)33(35)36/h4-16,26-27H,3H2,1-2H3,(H,30,34)(H,31,39)/t26-,27-/m1/s1. The number of nitro benzene ring substituents is 1. The Morgan fingerprint density at radius 3 is 2.64 bits per heavy atom. The van der Waals surface area contributed by atoms with Gasteiger partial charge < -0.3 is 24.7 Å². The van der Waals surface area contributed by atoms with Crippen LogP contribution in [0.15, 0.2) is 83.4 Å². The average Bonchev–Trinajstić information content (AvgIpc) is 3.58. The van der Waals surface area contributed by atoms with Crippen LogP contribution in [0.5, 0.6) is 5.75 Å². The molecule has 0 saturated carbocycles. The van der Waals surface area contributed by atoms with Gasteiger partial charge in [-0.15, -0.1) is 0 Å². The summed E-state index contributed by atoms with van der Waals surface area (Å²) in [5.74, 6) is 1.55. The summed E-state index contributed by atoms with van der Waals surface area (Å²) in [6.07, 6.45) is 2.06. The van der Waals surface area contributed by atoms with E-state index in [1.165, 1.54) is 12.1 Å². The number of amides is 1. The minimum absolute atomic E-state index is 0.00443. The molecule has 2 aromatic heterocycles. The van der Waals surface area contributed by atoms with Crippen LogP contribution in [0.4, 0.5) is 17.1 Å². The minimum Gasteiger partial charge on any atom is -0.494 e. The Morgan fingerprint density at radius 2 is 1.97 bits per heavy atom. The van der Waals surface area contributed by atoms with E-state index in [1.54, 1.807) is 38.4 Å². The summed E-state index contributed by atoms with van der Waals surface area (Å²) in [5, 5.41) is 17.8. The van der Waals surface area contributed by atoms with Crippen LogP contribution in [0, 0.1) is 10.1 Å². The molecular weight excluding hydrogens is 518 g/mol. The number of pyridine rings is 1. The lowest BCUT2D eigenvalue weighted by atomic mass is 10.0. The Labute approximate surface area is 229 Å². The van der Waals surface area contributed by atoms with Gasteiger partial charge in [0.05, 0.1) is 29.5 Å². The number of furan rings is 1. The molecule has 1 saturated heterocycles. The molecule has 3 heterocycles. The van der Waals surface area contributed by atoms with Gasteiger partial charge in [0.2, 0.25) is 5.91 Å². The number of thiocarbonyl (C=S) groups is 1. The highest BCUT2D eigenvalue weighted by molar-refractivity contribution is 7.80. The second-order valence-corrected chi connectivity index (χ2v) is 9.18. The van der Waals surface area contributed by atoms with Crippen molar-refractivity contribution >= 4 is 40.3 Å². The zero-order chi connectivity index (χ0) is 27.5. The molecule has 0 radical (unpaired) electrons. The van der Waals surface area contributed by atoms with Crippen LogP contribution in [0.3, 0.4) is 0 Å². The van der Waals surface area contributed by atoms with Crippen molar-refractivity contribution in [3.8, 4) is 17.1 Å². The maximum Gasteiger partial charge on any atom is 0.269 e. The van der Waals surface area contributed by atoms with Gasteiger partial charge >= 0.3 is 0 Å². The van der Waals surface area contributed by atoms with Gasteiger partial charge in [0.1, 0.15) is 23.3 Å². The van der Waals surface area contributed by atoms with E-state index in [4.69, 9.17) is 21.4 Å². The van der Waals surface area contributed by atoms with E-state index >= 15 is 0 Å². The fourth-order valence-electron chi connectivity index (χ4n) is 4.51. The zero-order valence-electron chi connectivity index (χ0n) is 21.2. The highest BCUT2D eigenvalue weighted by Crippen LogP contribution is 2.44. The number of nitrogens with one attached hydrogen (secondary N) is 2. The van der Waals surface area contributed by atoms with Crippen molar-refractivity contribution in [3.05, 3.63) is 101 Å². The molecule has 11 heteroatoms. The highest BCUT2D eigenvalue weighted by Gasteiger charge is 2.42. The number of carbonyl (C=O) groups excluding carboxylic acids is 1. The fraction of sp³-hybridized carbons (Fsp3) is 0.179. The first-order valence-corrected chi connectivity index (χ1v) is 12.6. The van der Waals surface area contributed by atoms with E-state index < -0.39 is 11.0 Å². The smallest absolute Gasteiger partial charge is 0.269 e. The molecular formula is C28H25N5O5S. The van der Waals surface area contributed by atoms with Gasteiger partial charge in [0.25, 0.3) is 5.69 Å². The molecule has 0 bridgehead atoms. The van der Waals surface area contributed by atoms with E-state index in [0.29, 0.717) is 40.1 Å². The van der Waals surface area contributed by atoms with E-state index in [2.05, 4.69) is 15.6 Å². The van der Waals surface area contributed by atoms with Crippen LogP contribution in [-0.2, 0) is 4.79 Å². The number of hydrogen-bond acceptors (Lipinski definition) is 7. The number of rotatable bonds is 8. The summed E-state index contributed by atoms with van der Waals surface area (Å²) in [7, 11) is 1.54. The van der Waals surface area contributed by atoms with Gasteiger partial charge in [-0.1, -0.05) is 13.0 Å². The van der Waals surface area contributed by atoms with Crippen LogP contribution in [0.1, 0.15) is 36.9 Å². The first-order valence-electron chi connectivity index (χ1n) is 12.2. The van der Waals surface area contributed by atoms with Gasteiger partial charge in [-0.3, -0.25) is 19.9 Å². The molecule has 4 aromatic rings. The van der Waals surface area contributed by atoms with Crippen molar-refractivity contribution in [2.24, 2.45) is 0 Å². The Morgan fingerprint density at radius 1 is 1.18 bits per heavy atom. The van der Waals surface area contributed by atoms with Crippen LogP contribution in [0.2, 0.25) is 0 Å². The monoisotopic (exact) mass is 543 g/mol. The van der Waals surface area contributed by atoms with Crippen molar-refractivity contribution in [2.75, 3.05) is 17.3 Å². The highest BCUT2D eigenvalue weighted by atomic mass is 32.1. The average molecular weight is 544 g/mol. The second kappa shape index (κ2) is 10.9. The fourth-order valence-corrected chi connectivity index (χ4v) is 4.85. The first-order chi connectivity index (χ1) is 18.9. The van der Waals surface area contributed by atoms with Crippen LogP contribution < -0.4 is 20.3 Å². The molecule has 5 rings (SSSR count). The van der Waals surface area contributed by atoms with Gasteiger partial charge in [-0.2, -0.15) is 0 Å². The van der Waals surface area contributed by atoms with Gasteiger partial charge in [-0.25, -0.2) is 0 Å². The van der Waals surface area contributed by atoms with Crippen molar-refractivity contribution in [3.63, 3.8) is 0 Å². The topological polar surface area (TPSA) is 123 Å². The van der Waals surface area contributed by atoms with Crippen molar-refractivity contribution < 1.29 is 18.9 Å². The molecule has 1 aliphatic rings. The number of aromatic nitrogens is 1. The first kappa shape index (κ1) is 25.9. The van der Waals surface area contributed by atoms with Gasteiger partial charge in [0, 0.05) is 42.1 Å². The Bertz CT molecular complexity index is 1520. The number of carbonyl (C=O) groups is 1. The predicted molar refractivity (Wildman–Crippen MR) is 151 cm³/mol. The minimum atomic E-state index is -0.439. The van der Waals surface area contributed by atoms with E-state index in [9.17, 15) is 14.9 Å². The van der Waals surface area contributed by atoms with E-state index in [0.717, 1.165) is 11.4 Å². The lowest BCUT2D eigenvalue weighted by Gasteiger charge is -2.27. The number of nitro groups is 1. The molecule has 0 spiro atoms. The van der Waals surface area contributed by atoms with E-state index in [1.807, 2.05) is 47.4 Å². The molecule has 39 heavy (non-hydrogen) atoms. The largest absolute Gasteiger partial charge is 0.494 e. The normalized spacial score (nSPS) is 16.6. The van der Waals surface area contributed by atoms with Gasteiger partial charge in [0.15, 0.2) is 5.11 Å². The molecule has 10 nitrogen and oxygen atoms in total. The number of benzene rings is 2. The molecule has 0 aliphatic carbocycles. The van der Waals surface area contributed by atoms with Crippen molar-refractivity contribution in [1.29, 1.82) is 0 Å². The van der Waals surface area contributed by atoms with E-state index in [-0.39, 0.29) is 17.6 Å². The van der Waals surface area contributed by atoms with Crippen LogP contribution in [0.25, 0.3) is 11.3 Å². The molecule has 1 amide bonds. The molecule has 1 aliphatic heterocycles. The molecule has 0 unspecified atom stereocenters. The number of methoxy groups -OCH3 is 1. The molecule has 2 aromatic carbocycles. The Kier molecular flexibility index (Phi) is 7.24. The number of ether oxygens (including phenoxy) is 1. The second-order valence-electron chi connectivity index (χ2n) is 8.79. The number of non-ortho nitro benzene ring substituents is 1. The molecule has 1 fully saturated rings. The summed E-state index contributed by atoms with van der Waals surface area (Å²) in [5.41, 5.74) is 2.78. The lowest BCUT2D eigenvalue weighted by Crippen LogP contribution is -2.29. The third-order valence-electron chi connectivity index (χ3n) is 6.44. The molecule has 2 atom stereocenters. The Balaban J connectivity index is 1.55. The third-order valence-corrected chi connectivity index (χ3v) is 6.75. The van der Waals surface area contributed by atoms with Gasteiger partial charge in [-0.05, 0) is 60.7 Å². The summed E-state index contributed by atoms with van der Waals surface area (Å²) >= 11 is 5.79. The summed E-state index contributed by atoms with van der Waals surface area (Å²) in [4.78, 5) is 29.1. The summed E-state index contributed by atoms with van der Waals surface area (Å²) in [6.45, 7) is 1.78. The van der Waals surface area contributed by atoms with Crippen molar-refractivity contribution in [2.45, 2.75) is 25.4 Å². The zero-order valence-corrected chi connectivity index (χ0v) is 22.0. The molecule has 2 N–H and O–H groups in total. The summed E-state index contributed by atoms with van der Waals surface area (Å²) < 4.78 is 11.9. The maximum absolute atomic E-state index is 12.0. The SMILES string of the molecule is CCC(=O)Nc1ccc(N2C(=S)N[C@H](c3ccccn3)[C@H]2c2ccc(-c3ccc([N+](=O)[O-])cc3)o2)cc1OC. The molecule has 198 valence electrons. The lowest BCUT2D eigenvalue weighted by molar-refractivity contribution is -0.384. The summed E-state index contributed by atoms with van der Waals surface area (Å²) in [6, 6.07) is 20.3. The third kappa shape index (κ3) is 5.16. The van der Waals surface area contributed by atoms with Crippen LogP contribution in [-0.4, -0.2) is 28.0 Å². The quantitative estimate of drug-likeness (QED) is 0.162. The number of hydrogen-bond donors (Lipinski definition) is 2. The Hall–Kier alpha value is -4.77.